The molecule has 0 radical (unpaired) electrons. The highest BCUT2D eigenvalue weighted by molar-refractivity contribution is 6.38. The van der Waals surface area contributed by atoms with Gasteiger partial charge in [-0.15, -0.1) is 0 Å². The molecule has 0 aliphatic rings. The summed E-state index contributed by atoms with van der Waals surface area (Å²) >= 11 is 12.0. The first kappa shape index (κ1) is 16.1. The number of hydrogen-bond donors (Lipinski definition) is 1. The van der Waals surface area contributed by atoms with Gasteiger partial charge in [-0.25, -0.2) is 0 Å². The fourth-order valence-corrected chi connectivity index (χ4v) is 2.28. The molecule has 0 unspecified atom stereocenters. The van der Waals surface area contributed by atoms with Crippen LogP contribution in [0.25, 0.3) is 0 Å². The van der Waals surface area contributed by atoms with Crippen molar-refractivity contribution < 1.29 is 4.52 Å². The van der Waals surface area contributed by atoms with Gasteiger partial charge < -0.3 is 10.3 Å². The lowest BCUT2D eigenvalue weighted by molar-refractivity contribution is 0.226. The van der Waals surface area contributed by atoms with Gasteiger partial charge in [0.15, 0.2) is 5.82 Å². The van der Waals surface area contributed by atoms with Crippen molar-refractivity contribution in [2.24, 2.45) is 0 Å². The SMILES string of the molecule is CC(C)N(C)Cc1nc(Cc2cc(Cl)c(N)c(Cl)c2)no1. The maximum absolute atomic E-state index is 6.01. The molecule has 1 aromatic carbocycles. The van der Waals surface area contributed by atoms with Gasteiger partial charge in [-0.1, -0.05) is 28.4 Å². The maximum Gasteiger partial charge on any atom is 0.240 e. The number of anilines is 1. The maximum atomic E-state index is 6.01. The summed E-state index contributed by atoms with van der Waals surface area (Å²) in [5.41, 5.74) is 6.99. The summed E-state index contributed by atoms with van der Waals surface area (Å²) in [4.78, 5) is 6.49. The molecule has 7 heteroatoms. The number of nitrogens with two attached hydrogens (primary N) is 1. The van der Waals surface area contributed by atoms with Crippen molar-refractivity contribution in [3.8, 4) is 0 Å². The third-order valence-electron chi connectivity index (χ3n) is 3.28. The summed E-state index contributed by atoms with van der Waals surface area (Å²) in [6.07, 6.45) is 0.495. The molecule has 0 saturated heterocycles. The Kier molecular flexibility index (Phi) is 5.08. The Morgan fingerprint density at radius 3 is 2.48 bits per heavy atom. The molecule has 0 aliphatic carbocycles. The number of nitrogen functional groups attached to an aromatic ring is 1. The lowest BCUT2D eigenvalue weighted by Gasteiger charge is -2.18. The van der Waals surface area contributed by atoms with Gasteiger partial charge in [0.25, 0.3) is 0 Å². The van der Waals surface area contributed by atoms with Crippen LogP contribution in [-0.4, -0.2) is 28.1 Å². The zero-order valence-electron chi connectivity index (χ0n) is 12.2. The Balaban J connectivity index is 2.09. The summed E-state index contributed by atoms with van der Waals surface area (Å²) in [6.45, 7) is 4.83. The summed E-state index contributed by atoms with van der Waals surface area (Å²) in [5, 5.41) is 4.84. The molecule has 5 nitrogen and oxygen atoms in total. The second kappa shape index (κ2) is 6.64. The van der Waals surface area contributed by atoms with E-state index in [0.29, 0.717) is 46.5 Å². The minimum Gasteiger partial charge on any atom is -0.396 e. The van der Waals surface area contributed by atoms with E-state index in [9.17, 15) is 0 Å². The van der Waals surface area contributed by atoms with Gasteiger partial charge in [0.2, 0.25) is 5.89 Å². The molecule has 21 heavy (non-hydrogen) atoms. The van der Waals surface area contributed by atoms with Crippen molar-refractivity contribution in [3.05, 3.63) is 39.5 Å². The fraction of sp³-hybridized carbons (Fsp3) is 0.429. The van der Waals surface area contributed by atoms with E-state index < -0.39 is 0 Å². The van der Waals surface area contributed by atoms with Gasteiger partial charge >= 0.3 is 0 Å². The van der Waals surface area contributed by atoms with Crippen LogP contribution < -0.4 is 5.73 Å². The van der Waals surface area contributed by atoms with E-state index in [0.717, 1.165) is 5.56 Å². The first-order chi connectivity index (χ1) is 9.86. The van der Waals surface area contributed by atoms with E-state index >= 15 is 0 Å². The third-order valence-corrected chi connectivity index (χ3v) is 3.90. The zero-order valence-corrected chi connectivity index (χ0v) is 13.7. The van der Waals surface area contributed by atoms with Gasteiger partial charge in [0, 0.05) is 12.5 Å². The Morgan fingerprint density at radius 1 is 1.29 bits per heavy atom. The van der Waals surface area contributed by atoms with Crippen LogP contribution in [0, 0.1) is 0 Å². The van der Waals surface area contributed by atoms with E-state index in [4.69, 9.17) is 33.5 Å². The summed E-state index contributed by atoms with van der Waals surface area (Å²) < 4.78 is 5.25. The van der Waals surface area contributed by atoms with Crippen LogP contribution in [0.1, 0.15) is 31.1 Å². The molecule has 0 saturated carbocycles. The molecule has 0 fully saturated rings. The molecule has 0 spiro atoms. The highest BCUT2D eigenvalue weighted by atomic mass is 35.5. The standard InChI is InChI=1S/C14H18Cl2N4O/c1-8(2)20(3)7-13-18-12(19-21-13)6-9-4-10(15)14(17)11(16)5-9/h4-5,8H,6-7,17H2,1-3H3. The zero-order chi connectivity index (χ0) is 15.6. The minimum atomic E-state index is 0.384. The molecule has 2 rings (SSSR count). The summed E-state index contributed by atoms with van der Waals surface area (Å²) in [7, 11) is 2.01. The van der Waals surface area contributed by atoms with Crippen LogP contribution >= 0.6 is 23.2 Å². The van der Waals surface area contributed by atoms with Gasteiger partial charge in [-0.2, -0.15) is 4.98 Å². The van der Waals surface area contributed by atoms with E-state index in [1.807, 2.05) is 7.05 Å². The van der Waals surface area contributed by atoms with E-state index in [-0.39, 0.29) is 0 Å². The molecule has 1 aromatic heterocycles. The van der Waals surface area contributed by atoms with Gasteiger partial charge in [0.05, 0.1) is 22.3 Å². The topological polar surface area (TPSA) is 68.2 Å². The van der Waals surface area contributed by atoms with Crippen LogP contribution in [0.2, 0.25) is 10.0 Å². The first-order valence-electron chi connectivity index (χ1n) is 6.62. The predicted molar refractivity (Wildman–Crippen MR) is 84.6 cm³/mol. The van der Waals surface area contributed by atoms with E-state index in [2.05, 4.69) is 28.9 Å². The number of aromatic nitrogens is 2. The fourth-order valence-electron chi connectivity index (χ4n) is 1.74. The number of rotatable bonds is 5. The third kappa shape index (κ3) is 4.09. The Morgan fingerprint density at radius 2 is 1.90 bits per heavy atom. The van der Waals surface area contributed by atoms with Crippen molar-refractivity contribution in [2.45, 2.75) is 32.9 Å². The van der Waals surface area contributed by atoms with Crippen molar-refractivity contribution in [2.75, 3.05) is 12.8 Å². The Hall–Kier alpha value is -1.30. The smallest absolute Gasteiger partial charge is 0.240 e. The highest BCUT2D eigenvalue weighted by Crippen LogP contribution is 2.29. The van der Waals surface area contributed by atoms with Crippen LogP contribution in [0.5, 0.6) is 0 Å². The molecule has 2 N–H and O–H groups in total. The normalized spacial score (nSPS) is 11.6. The summed E-state index contributed by atoms with van der Waals surface area (Å²) in [5.74, 6) is 1.19. The minimum absolute atomic E-state index is 0.384. The highest BCUT2D eigenvalue weighted by Gasteiger charge is 2.12. The average Bonchev–Trinajstić information content (AvgIpc) is 2.83. The van der Waals surface area contributed by atoms with Crippen LogP contribution in [-0.2, 0) is 13.0 Å². The van der Waals surface area contributed by atoms with Crippen LogP contribution in [0.3, 0.4) is 0 Å². The molecule has 0 amide bonds. The quantitative estimate of drug-likeness (QED) is 0.852. The molecular formula is C14H18Cl2N4O. The van der Waals surface area contributed by atoms with Crippen molar-refractivity contribution in [1.29, 1.82) is 0 Å². The molecule has 2 aromatic rings. The number of benzene rings is 1. The van der Waals surface area contributed by atoms with Crippen molar-refractivity contribution in [3.63, 3.8) is 0 Å². The molecule has 0 aliphatic heterocycles. The van der Waals surface area contributed by atoms with Crippen LogP contribution in [0.15, 0.2) is 16.7 Å². The largest absolute Gasteiger partial charge is 0.396 e. The van der Waals surface area contributed by atoms with Gasteiger partial charge in [-0.3, -0.25) is 4.90 Å². The number of nitrogens with zero attached hydrogens (tertiary/aromatic N) is 3. The van der Waals surface area contributed by atoms with E-state index in [1.165, 1.54) is 0 Å². The van der Waals surface area contributed by atoms with Gasteiger partial charge in [0.1, 0.15) is 0 Å². The van der Waals surface area contributed by atoms with Gasteiger partial charge in [-0.05, 0) is 38.6 Å². The summed E-state index contributed by atoms with van der Waals surface area (Å²) in [6, 6.07) is 3.94. The Labute approximate surface area is 134 Å². The lowest BCUT2D eigenvalue weighted by atomic mass is 10.1. The van der Waals surface area contributed by atoms with Crippen molar-refractivity contribution >= 4 is 28.9 Å². The average molecular weight is 329 g/mol. The second-order valence-corrected chi connectivity index (χ2v) is 6.08. The number of halogens is 2. The Bertz CT molecular complexity index is 604. The first-order valence-corrected chi connectivity index (χ1v) is 7.37. The van der Waals surface area contributed by atoms with Crippen molar-refractivity contribution in [1.82, 2.24) is 15.0 Å². The molecule has 114 valence electrons. The molecule has 0 atom stereocenters. The predicted octanol–water partition coefficient (Wildman–Crippen LogP) is 3.39. The van der Waals surface area contributed by atoms with E-state index in [1.54, 1.807) is 12.1 Å². The molecule has 0 bridgehead atoms. The molecule has 1 heterocycles. The molecular weight excluding hydrogens is 311 g/mol. The monoisotopic (exact) mass is 328 g/mol. The lowest BCUT2D eigenvalue weighted by Crippen LogP contribution is -2.25. The van der Waals surface area contributed by atoms with Crippen LogP contribution in [0.4, 0.5) is 5.69 Å². The second-order valence-electron chi connectivity index (χ2n) is 5.26. The number of hydrogen-bond acceptors (Lipinski definition) is 5.